The first-order valence-corrected chi connectivity index (χ1v) is 9.15. The van der Waals surface area contributed by atoms with Gasteiger partial charge < -0.3 is 19.9 Å². The molecule has 8 nitrogen and oxygen atoms in total. The maximum atomic E-state index is 12.6. The molecule has 1 aromatic rings. The van der Waals surface area contributed by atoms with Gasteiger partial charge in [-0.3, -0.25) is 19.3 Å². The molecule has 1 aliphatic rings. The predicted octanol–water partition coefficient (Wildman–Crippen LogP) is 0.572. The first-order chi connectivity index (χ1) is 12.9. The molecule has 1 heterocycles. The Morgan fingerprint density at radius 1 is 1.22 bits per heavy atom. The van der Waals surface area contributed by atoms with E-state index in [0.29, 0.717) is 43.2 Å². The van der Waals surface area contributed by atoms with Crippen LogP contribution in [-0.4, -0.2) is 80.9 Å². The van der Waals surface area contributed by atoms with E-state index in [0.717, 1.165) is 0 Å². The van der Waals surface area contributed by atoms with Crippen LogP contribution in [0, 0.1) is 0 Å². The topological polar surface area (TPSA) is 82.2 Å². The van der Waals surface area contributed by atoms with Crippen LogP contribution in [0.15, 0.2) is 18.2 Å². The van der Waals surface area contributed by atoms with Gasteiger partial charge in [-0.05, 0) is 46.1 Å². The fourth-order valence-electron chi connectivity index (χ4n) is 2.82. The first kappa shape index (κ1) is 20.7. The molecule has 0 bridgehead atoms. The number of hydrogen-bond acceptors (Lipinski definition) is 5. The van der Waals surface area contributed by atoms with Gasteiger partial charge >= 0.3 is 0 Å². The maximum absolute atomic E-state index is 12.6. The lowest BCUT2D eigenvalue weighted by Crippen LogP contribution is -2.46. The van der Waals surface area contributed by atoms with Crippen LogP contribution in [0.3, 0.4) is 0 Å². The molecule has 0 fully saturated rings. The second kappa shape index (κ2) is 9.36. The van der Waals surface area contributed by atoms with E-state index in [1.165, 1.54) is 4.90 Å². The maximum Gasteiger partial charge on any atom is 0.265 e. The van der Waals surface area contributed by atoms with Crippen molar-refractivity contribution in [3.8, 4) is 5.75 Å². The van der Waals surface area contributed by atoms with E-state index in [2.05, 4.69) is 5.32 Å². The van der Waals surface area contributed by atoms with Crippen molar-refractivity contribution in [1.82, 2.24) is 15.1 Å². The molecule has 0 radical (unpaired) electrons. The monoisotopic (exact) mass is 376 g/mol. The van der Waals surface area contributed by atoms with E-state index in [4.69, 9.17) is 4.74 Å². The Balaban J connectivity index is 2.19. The molecule has 0 spiro atoms. The van der Waals surface area contributed by atoms with E-state index in [1.807, 2.05) is 32.8 Å². The van der Waals surface area contributed by atoms with Crippen LogP contribution in [0.25, 0.3) is 0 Å². The summed E-state index contributed by atoms with van der Waals surface area (Å²) < 4.78 is 5.45. The van der Waals surface area contributed by atoms with Crippen molar-refractivity contribution in [2.45, 2.75) is 13.8 Å². The summed E-state index contributed by atoms with van der Waals surface area (Å²) in [6.45, 7) is 6.00. The zero-order chi connectivity index (χ0) is 20.0. The third-order valence-electron chi connectivity index (χ3n) is 4.38. The third kappa shape index (κ3) is 5.19. The van der Waals surface area contributed by atoms with Gasteiger partial charge in [-0.2, -0.15) is 0 Å². The van der Waals surface area contributed by atoms with Crippen LogP contribution in [-0.2, 0) is 9.59 Å². The van der Waals surface area contributed by atoms with Gasteiger partial charge in [-0.15, -0.1) is 0 Å². The number of nitrogens with zero attached hydrogens (tertiary/aromatic N) is 3. The summed E-state index contributed by atoms with van der Waals surface area (Å²) in [4.78, 5) is 42.2. The van der Waals surface area contributed by atoms with Gasteiger partial charge in [-0.1, -0.05) is 0 Å². The number of benzene rings is 1. The molecule has 0 saturated heterocycles. The second-order valence-corrected chi connectivity index (χ2v) is 6.58. The van der Waals surface area contributed by atoms with E-state index in [9.17, 15) is 14.4 Å². The molecule has 0 atom stereocenters. The standard InChI is InChI=1S/C19H28N4O4/c1-5-22(6-2)19(26)14-7-8-16-15(11-14)23(18(25)13-27-16)12-17(24)20-9-10-21(3)4/h7-8,11H,5-6,9-10,12-13H2,1-4H3,(H,20,24). The van der Waals surface area contributed by atoms with E-state index in [-0.39, 0.29) is 30.9 Å². The van der Waals surface area contributed by atoms with Gasteiger partial charge in [0.05, 0.1) is 5.69 Å². The first-order valence-electron chi connectivity index (χ1n) is 9.15. The second-order valence-electron chi connectivity index (χ2n) is 6.58. The fourth-order valence-corrected chi connectivity index (χ4v) is 2.82. The number of nitrogens with one attached hydrogen (secondary N) is 1. The molecule has 3 amide bonds. The molecule has 0 aromatic heterocycles. The molecule has 2 rings (SSSR count). The Bertz CT molecular complexity index is 701. The quantitative estimate of drug-likeness (QED) is 0.717. The summed E-state index contributed by atoms with van der Waals surface area (Å²) in [5.41, 5.74) is 0.917. The van der Waals surface area contributed by atoms with Crippen molar-refractivity contribution < 1.29 is 19.1 Å². The van der Waals surface area contributed by atoms with E-state index >= 15 is 0 Å². The van der Waals surface area contributed by atoms with Gasteiger partial charge in [0.1, 0.15) is 12.3 Å². The number of fused-ring (bicyclic) bond motifs is 1. The van der Waals surface area contributed by atoms with Crippen molar-refractivity contribution in [3.63, 3.8) is 0 Å². The summed E-state index contributed by atoms with van der Waals surface area (Å²) in [6, 6.07) is 4.99. The van der Waals surface area contributed by atoms with Gasteiger partial charge in [-0.25, -0.2) is 0 Å². The zero-order valence-electron chi connectivity index (χ0n) is 16.4. The minimum Gasteiger partial charge on any atom is -0.482 e. The van der Waals surface area contributed by atoms with Crippen LogP contribution in [0.5, 0.6) is 5.75 Å². The number of amides is 3. The number of carbonyl (C=O) groups excluding carboxylic acids is 3. The van der Waals surface area contributed by atoms with Crippen molar-refractivity contribution in [2.75, 3.05) is 58.3 Å². The molecule has 0 saturated carbocycles. The molecule has 1 aromatic carbocycles. The van der Waals surface area contributed by atoms with Gasteiger partial charge in [0.15, 0.2) is 6.61 Å². The summed E-state index contributed by atoms with van der Waals surface area (Å²) in [7, 11) is 3.84. The predicted molar refractivity (Wildman–Crippen MR) is 103 cm³/mol. The van der Waals surface area contributed by atoms with Crippen molar-refractivity contribution in [1.29, 1.82) is 0 Å². The Kier molecular flexibility index (Phi) is 7.18. The average Bonchev–Trinajstić information content (AvgIpc) is 2.64. The Labute approximate surface area is 160 Å². The van der Waals surface area contributed by atoms with Crippen molar-refractivity contribution in [2.24, 2.45) is 0 Å². The highest BCUT2D eigenvalue weighted by Gasteiger charge is 2.28. The van der Waals surface area contributed by atoms with Crippen LogP contribution >= 0.6 is 0 Å². The van der Waals surface area contributed by atoms with Crippen LogP contribution in [0.1, 0.15) is 24.2 Å². The highest BCUT2D eigenvalue weighted by molar-refractivity contribution is 6.04. The summed E-state index contributed by atoms with van der Waals surface area (Å²) in [6.07, 6.45) is 0. The fraction of sp³-hybridized carbons (Fsp3) is 0.526. The number of hydrogen-bond donors (Lipinski definition) is 1. The van der Waals surface area contributed by atoms with Crippen LogP contribution in [0.2, 0.25) is 0 Å². The van der Waals surface area contributed by atoms with Crippen LogP contribution < -0.4 is 15.0 Å². The average molecular weight is 376 g/mol. The molecular weight excluding hydrogens is 348 g/mol. The van der Waals surface area contributed by atoms with E-state index in [1.54, 1.807) is 23.1 Å². The Hall–Kier alpha value is -2.61. The molecule has 27 heavy (non-hydrogen) atoms. The van der Waals surface area contributed by atoms with Gasteiger partial charge in [0.2, 0.25) is 5.91 Å². The number of likely N-dealkylation sites (N-methyl/N-ethyl adjacent to an activating group) is 1. The highest BCUT2D eigenvalue weighted by atomic mass is 16.5. The lowest BCUT2D eigenvalue weighted by molar-refractivity contribution is -0.125. The normalized spacial score (nSPS) is 13.2. The number of ether oxygens (including phenoxy) is 1. The Morgan fingerprint density at radius 3 is 2.56 bits per heavy atom. The zero-order valence-corrected chi connectivity index (χ0v) is 16.4. The Morgan fingerprint density at radius 2 is 1.93 bits per heavy atom. The molecular formula is C19H28N4O4. The molecule has 8 heteroatoms. The number of anilines is 1. The minimum atomic E-state index is -0.308. The SMILES string of the molecule is CCN(CC)C(=O)c1ccc2c(c1)N(CC(=O)NCCN(C)C)C(=O)CO2. The highest BCUT2D eigenvalue weighted by Crippen LogP contribution is 2.33. The molecule has 0 aliphatic carbocycles. The summed E-state index contributed by atoms with van der Waals surface area (Å²) >= 11 is 0. The summed E-state index contributed by atoms with van der Waals surface area (Å²) in [5, 5.41) is 2.80. The van der Waals surface area contributed by atoms with Crippen molar-refractivity contribution in [3.05, 3.63) is 23.8 Å². The van der Waals surface area contributed by atoms with E-state index < -0.39 is 0 Å². The van der Waals surface area contributed by atoms with Crippen molar-refractivity contribution >= 4 is 23.4 Å². The third-order valence-corrected chi connectivity index (χ3v) is 4.38. The lowest BCUT2D eigenvalue weighted by Gasteiger charge is -2.29. The van der Waals surface area contributed by atoms with Crippen LogP contribution in [0.4, 0.5) is 5.69 Å². The molecule has 148 valence electrons. The molecule has 1 aliphatic heterocycles. The lowest BCUT2D eigenvalue weighted by atomic mass is 10.1. The molecule has 1 N–H and O–H groups in total. The van der Waals surface area contributed by atoms with Gasteiger partial charge in [0, 0.05) is 31.7 Å². The van der Waals surface area contributed by atoms with Gasteiger partial charge in [0.25, 0.3) is 11.8 Å². The minimum absolute atomic E-state index is 0.106. The number of carbonyl (C=O) groups is 3. The molecule has 0 unspecified atom stereocenters. The largest absolute Gasteiger partial charge is 0.482 e. The summed E-state index contributed by atoms with van der Waals surface area (Å²) in [5.74, 6) is -0.181. The smallest absolute Gasteiger partial charge is 0.265 e. The number of rotatable bonds is 8.